The maximum atomic E-state index is 13.9. The van der Waals surface area contributed by atoms with Crippen molar-refractivity contribution < 1.29 is 26.3 Å². The van der Waals surface area contributed by atoms with Crippen LogP contribution < -0.4 is 10.6 Å². The normalized spacial score (nSPS) is 15.4. The Labute approximate surface area is 247 Å². The van der Waals surface area contributed by atoms with Crippen molar-refractivity contribution in [3.63, 3.8) is 0 Å². The molecule has 5 rings (SSSR count). The molecule has 1 atom stereocenters. The van der Waals surface area contributed by atoms with Crippen molar-refractivity contribution in [2.24, 2.45) is 5.41 Å². The molecular weight excluding hydrogens is 598 g/mol. The monoisotopic (exact) mass is 622 g/mol. The fourth-order valence-electron chi connectivity index (χ4n) is 4.65. The van der Waals surface area contributed by atoms with Crippen molar-refractivity contribution in [2.75, 3.05) is 17.2 Å². The zero-order valence-corrected chi connectivity index (χ0v) is 23.8. The Kier molecular flexibility index (Phi) is 7.66. The largest absolute Gasteiger partial charge is 0.395 e. The predicted octanol–water partition coefficient (Wildman–Crippen LogP) is 7.15. The van der Waals surface area contributed by atoms with E-state index in [-0.39, 0.29) is 45.7 Å². The van der Waals surface area contributed by atoms with E-state index in [1.54, 1.807) is 13.0 Å². The number of benzene rings is 1. The lowest BCUT2D eigenvalue weighted by Gasteiger charge is -2.28. The summed E-state index contributed by atoms with van der Waals surface area (Å²) >= 11 is 6.56. The third-order valence-electron chi connectivity index (χ3n) is 7.67. The van der Waals surface area contributed by atoms with Crippen LogP contribution in [0.25, 0.3) is 10.9 Å². The van der Waals surface area contributed by atoms with Crippen molar-refractivity contribution in [3.8, 4) is 6.07 Å². The van der Waals surface area contributed by atoms with Crippen LogP contribution in [-0.4, -0.2) is 44.1 Å². The molecule has 3 aromatic heterocycles. The molecule has 0 saturated heterocycles. The molecule has 0 radical (unpaired) electrons. The highest BCUT2D eigenvalue weighted by atomic mass is 35.5. The molecular formula is C28H25ClF6N8. The summed E-state index contributed by atoms with van der Waals surface area (Å²) in [5.74, 6) is -0.723. The minimum absolute atomic E-state index is 0.00139. The zero-order chi connectivity index (χ0) is 31.3. The molecule has 0 aliphatic heterocycles. The first kappa shape index (κ1) is 30.3. The highest BCUT2D eigenvalue weighted by Crippen LogP contribution is 2.48. The summed E-state index contributed by atoms with van der Waals surface area (Å²) in [7, 11) is 0. The van der Waals surface area contributed by atoms with Gasteiger partial charge in [-0.05, 0) is 51.8 Å². The number of alkyl halides is 5. The van der Waals surface area contributed by atoms with Gasteiger partial charge in [-0.2, -0.15) is 22.8 Å². The van der Waals surface area contributed by atoms with Crippen LogP contribution in [0.15, 0.2) is 36.7 Å². The van der Waals surface area contributed by atoms with Gasteiger partial charge in [0.2, 0.25) is 5.95 Å². The molecule has 1 saturated carbocycles. The second-order valence-electron chi connectivity index (χ2n) is 11.1. The van der Waals surface area contributed by atoms with Gasteiger partial charge in [-0.1, -0.05) is 22.9 Å². The number of aromatic nitrogens is 5. The van der Waals surface area contributed by atoms with Gasteiger partial charge in [-0.25, -0.2) is 18.4 Å². The van der Waals surface area contributed by atoms with Crippen molar-refractivity contribution in [1.82, 2.24) is 25.0 Å². The molecule has 1 aliphatic rings. The van der Waals surface area contributed by atoms with E-state index in [0.29, 0.717) is 16.9 Å². The highest BCUT2D eigenvalue weighted by molar-refractivity contribution is 6.35. The SMILES string of the molecule is Cc1nc(F)ccc1C(Nc1cc(Cl)c2ncc(C#N)c(NCC(C)(C)C(F)(F)F)c2c1)c1cn(C2(C(F)F)CC2)nn1. The molecule has 0 spiro atoms. The van der Waals surface area contributed by atoms with E-state index in [9.17, 15) is 31.6 Å². The Balaban J connectivity index is 1.59. The molecule has 0 amide bonds. The number of aryl methyl sites for hydroxylation is 1. The maximum absolute atomic E-state index is 13.9. The predicted molar refractivity (Wildman–Crippen MR) is 147 cm³/mol. The van der Waals surface area contributed by atoms with Gasteiger partial charge < -0.3 is 10.6 Å². The average molecular weight is 623 g/mol. The Morgan fingerprint density at radius 2 is 1.91 bits per heavy atom. The van der Waals surface area contributed by atoms with Crippen molar-refractivity contribution in [2.45, 2.75) is 57.8 Å². The van der Waals surface area contributed by atoms with Crippen LogP contribution >= 0.6 is 11.6 Å². The minimum Gasteiger partial charge on any atom is -0.382 e. The van der Waals surface area contributed by atoms with Gasteiger partial charge in [0.1, 0.15) is 17.3 Å². The van der Waals surface area contributed by atoms with Crippen LogP contribution in [-0.2, 0) is 5.54 Å². The first-order valence-corrected chi connectivity index (χ1v) is 13.5. The van der Waals surface area contributed by atoms with Crippen molar-refractivity contribution in [1.29, 1.82) is 5.26 Å². The number of hydrogen-bond donors (Lipinski definition) is 2. The topological polar surface area (TPSA) is 104 Å². The molecule has 1 fully saturated rings. The summed E-state index contributed by atoms with van der Waals surface area (Å²) in [6.07, 6.45) is -4.10. The van der Waals surface area contributed by atoms with Crippen LogP contribution in [0.1, 0.15) is 55.2 Å². The van der Waals surface area contributed by atoms with Gasteiger partial charge in [-0.3, -0.25) is 4.98 Å². The second kappa shape index (κ2) is 10.9. The van der Waals surface area contributed by atoms with E-state index >= 15 is 0 Å². The van der Waals surface area contributed by atoms with Crippen molar-refractivity contribution >= 4 is 33.9 Å². The molecule has 2 N–H and O–H groups in total. The molecule has 15 heteroatoms. The summed E-state index contributed by atoms with van der Waals surface area (Å²) in [5, 5.41) is 24.2. The standard InChI is InChI=1S/C28H25ClF6N8/c1-14-17(4-5-21(30)39-14)24(20-12-43(42-41-20)27(6-7-27)25(31)32)40-16-8-18-22(38-13-26(2,3)28(33,34)35)15(10-36)11-37-23(18)19(29)9-16/h4-5,8-9,11-12,24-25,40H,6-7,13H2,1-3H3,(H,37,38). The van der Waals surface area contributed by atoms with Crippen LogP contribution in [0, 0.1) is 29.6 Å². The van der Waals surface area contributed by atoms with Crippen LogP contribution in [0.5, 0.6) is 0 Å². The summed E-state index contributed by atoms with van der Waals surface area (Å²) in [4.78, 5) is 8.10. The third-order valence-corrected chi connectivity index (χ3v) is 7.95. The maximum Gasteiger partial charge on any atom is 0.395 e. The van der Waals surface area contributed by atoms with E-state index in [1.807, 2.05) is 6.07 Å². The van der Waals surface area contributed by atoms with Gasteiger partial charge in [0.25, 0.3) is 6.43 Å². The van der Waals surface area contributed by atoms with Gasteiger partial charge in [-0.15, -0.1) is 5.10 Å². The lowest BCUT2D eigenvalue weighted by molar-refractivity contribution is -0.206. The molecule has 1 aliphatic carbocycles. The molecule has 43 heavy (non-hydrogen) atoms. The first-order valence-electron chi connectivity index (χ1n) is 13.1. The Bertz CT molecular complexity index is 1720. The molecule has 8 nitrogen and oxygen atoms in total. The lowest BCUT2D eigenvalue weighted by Crippen LogP contribution is -2.38. The Hall–Kier alpha value is -4.12. The molecule has 3 heterocycles. The molecule has 1 aromatic carbocycles. The zero-order valence-electron chi connectivity index (χ0n) is 23.1. The number of nitrogens with zero attached hydrogens (tertiary/aromatic N) is 6. The van der Waals surface area contributed by atoms with E-state index in [4.69, 9.17) is 11.6 Å². The number of halogens is 7. The van der Waals surface area contributed by atoms with Crippen molar-refractivity contribution in [3.05, 3.63) is 70.1 Å². The first-order chi connectivity index (χ1) is 20.2. The van der Waals surface area contributed by atoms with E-state index < -0.39 is 42.1 Å². The number of pyridine rings is 2. The summed E-state index contributed by atoms with van der Waals surface area (Å²) in [5.41, 5.74) is -1.94. The molecule has 4 aromatic rings. The minimum atomic E-state index is -4.52. The molecule has 0 bridgehead atoms. The van der Waals surface area contributed by atoms with Gasteiger partial charge in [0.05, 0.1) is 39.4 Å². The van der Waals surface area contributed by atoms with Gasteiger partial charge in [0, 0.05) is 35.1 Å². The molecule has 226 valence electrons. The van der Waals surface area contributed by atoms with E-state index in [2.05, 4.69) is 30.9 Å². The third kappa shape index (κ3) is 5.65. The van der Waals surface area contributed by atoms with Gasteiger partial charge >= 0.3 is 6.18 Å². The highest BCUT2D eigenvalue weighted by Gasteiger charge is 2.54. The number of hydrogen-bond acceptors (Lipinski definition) is 7. The number of anilines is 2. The fourth-order valence-corrected chi connectivity index (χ4v) is 4.92. The summed E-state index contributed by atoms with van der Waals surface area (Å²) in [6, 6.07) is 6.73. The quantitative estimate of drug-likeness (QED) is 0.151. The van der Waals surface area contributed by atoms with Gasteiger partial charge in [0.15, 0.2) is 0 Å². The van der Waals surface area contributed by atoms with Crippen LogP contribution in [0.2, 0.25) is 5.02 Å². The van der Waals surface area contributed by atoms with E-state index in [1.165, 1.54) is 24.5 Å². The number of fused-ring (bicyclic) bond motifs is 1. The summed E-state index contributed by atoms with van der Waals surface area (Å²) < 4.78 is 83.3. The van der Waals surface area contributed by atoms with Crippen LogP contribution in [0.3, 0.4) is 0 Å². The Morgan fingerprint density at radius 3 is 2.51 bits per heavy atom. The second-order valence-corrected chi connectivity index (χ2v) is 11.5. The fraction of sp³-hybridized carbons (Fsp3) is 0.393. The average Bonchev–Trinajstić information content (AvgIpc) is 3.60. The number of nitriles is 1. The Morgan fingerprint density at radius 1 is 1.19 bits per heavy atom. The smallest absolute Gasteiger partial charge is 0.382 e. The summed E-state index contributed by atoms with van der Waals surface area (Å²) in [6.45, 7) is 3.09. The lowest BCUT2D eigenvalue weighted by atomic mass is 9.92. The molecule has 1 unspecified atom stereocenters. The number of rotatable bonds is 9. The van der Waals surface area contributed by atoms with E-state index in [0.717, 1.165) is 24.6 Å². The number of nitrogens with one attached hydrogen (secondary N) is 2. The van der Waals surface area contributed by atoms with Crippen LogP contribution in [0.4, 0.5) is 37.7 Å².